The average molecular weight is 316 g/mol. The minimum atomic E-state index is -0.750. The second-order valence-corrected chi connectivity index (χ2v) is 5.08. The number of amides is 1. The van der Waals surface area contributed by atoms with E-state index in [4.69, 9.17) is 4.74 Å². The number of rotatable bonds is 7. The van der Waals surface area contributed by atoms with Crippen LogP contribution in [0.25, 0.3) is 0 Å². The molecule has 1 aromatic carbocycles. The maximum atomic E-state index is 12.0. The van der Waals surface area contributed by atoms with Crippen LogP contribution in [-0.2, 0) is 27.3 Å². The van der Waals surface area contributed by atoms with E-state index >= 15 is 0 Å². The molecule has 0 spiro atoms. The van der Waals surface area contributed by atoms with Crippen molar-refractivity contribution in [1.82, 2.24) is 20.3 Å². The van der Waals surface area contributed by atoms with Crippen LogP contribution in [0.3, 0.4) is 0 Å². The van der Waals surface area contributed by atoms with Crippen molar-refractivity contribution in [1.29, 1.82) is 0 Å². The van der Waals surface area contributed by atoms with Gasteiger partial charge in [0.15, 0.2) is 0 Å². The molecule has 0 saturated carbocycles. The molecule has 23 heavy (non-hydrogen) atoms. The van der Waals surface area contributed by atoms with Gasteiger partial charge in [-0.05, 0) is 12.5 Å². The zero-order chi connectivity index (χ0) is 16.7. The fourth-order valence-corrected chi connectivity index (χ4v) is 2.22. The molecule has 1 atom stereocenters. The lowest BCUT2D eigenvalue weighted by atomic mass is 10.1. The van der Waals surface area contributed by atoms with Crippen molar-refractivity contribution in [2.45, 2.75) is 32.9 Å². The number of hydrogen-bond acceptors (Lipinski definition) is 5. The summed E-state index contributed by atoms with van der Waals surface area (Å²) in [4.78, 5) is 23.3. The van der Waals surface area contributed by atoms with Gasteiger partial charge in [-0.1, -0.05) is 35.5 Å². The number of nitrogens with zero attached hydrogens (tertiary/aromatic N) is 3. The number of aromatic nitrogens is 3. The minimum absolute atomic E-state index is 0.260. The van der Waals surface area contributed by atoms with Crippen LogP contribution < -0.4 is 5.32 Å². The van der Waals surface area contributed by atoms with Crippen molar-refractivity contribution in [2.24, 2.45) is 0 Å². The first kappa shape index (κ1) is 16.7. The van der Waals surface area contributed by atoms with E-state index in [1.807, 2.05) is 30.3 Å². The van der Waals surface area contributed by atoms with Crippen molar-refractivity contribution in [3.63, 3.8) is 0 Å². The first-order chi connectivity index (χ1) is 11.1. The Hall–Kier alpha value is -2.70. The SMILES string of the molecule is CCOC(=O)C(Cc1cnnn1Cc1ccccc1)NC(C)=O. The summed E-state index contributed by atoms with van der Waals surface area (Å²) >= 11 is 0. The predicted molar refractivity (Wildman–Crippen MR) is 83.5 cm³/mol. The number of carbonyl (C=O) groups is 2. The zero-order valence-corrected chi connectivity index (χ0v) is 13.2. The minimum Gasteiger partial charge on any atom is -0.464 e. The van der Waals surface area contributed by atoms with Gasteiger partial charge in [-0.2, -0.15) is 0 Å². The van der Waals surface area contributed by atoms with Crippen LogP contribution in [0.1, 0.15) is 25.1 Å². The van der Waals surface area contributed by atoms with Gasteiger partial charge in [-0.15, -0.1) is 5.10 Å². The summed E-state index contributed by atoms with van der Waals surface area (Å²) in [6, 6.07) is 9.07. The van der Waals surface area contributed by atoms with Gasteiger partial charge < -0.3 is 10.1 Å². The number of benzene rings is 1. The van der Waals surface area contributed by atoms with E-state index in [0.29, 0.717) is 6.54 Å². The second-order valence-electron chi connectivity index (χ2n) is 5.08. The van der Waals surface area contributed by atoms with E-state index in [1.54, 1.807) is 17.8 Å². The van der Waals surface area contributed by atoms with Gasteiger partial charge in [0.1, 0.15) is 6.04 Å². The van der Waals surface area contributed by atoms with Gasteiger partial charge in [0.2, 0.25) is 5.91 Å². The topological polar surface area (TPSA) is 86.1 Å². The van der Waals surface area contributed by atoms with Gasteiger partial charge in [0, 0.05) is 13.3 Å². The van der Waals surface area contributed by atoms with Gasteiger partial charge in [0.25, 0.3) is 0 Å². The van der Waals surface area contributed by atoms with Crippen molar-refractivity contribution in [3.05, 3.63) is 47.8 Å². The summed E-state index contributed by atoms with van der Waals surface area (Å²) in [5, 5.41) is 10.6. The molecule has 2 aromatic rings. The Morgan fingerprint density at radius 2 is 2.04 bits per heavy atom. The van der Waals surface area contributed by atoms with Crippen molar-refractivity contribution >= 4 is 11.9 Å². The van der Waals surface area contributed by atoms with E-state index in [1.165, 1.54) is 6.92 Å². The molecule has 2 rings (SSSR count). The molecular weight excluding hydrogens is 296 g/mol. The maximum Gasteiger partial charge on any atom is 0.329 e. The highest BCUT2D eigenvalue weighted by Crippen LogP contribution is 2.08. The Morgan fingerprint density at radius 3 is 2.70 bits per heavy atom. The van der Waals surface area contributed by atoms with Crippen LogP contribution in [0.4, 0.5) is 0 Å². The fraction of sp³-hybridized carbons (Fsp3) is 0.375. The number of hydrogen-bond donors (Lipinski definition) is 1. The van der Waals surface area contributed by atoms with Crippen LogP contribution in [0.15, 0.2) is 36.5 Å². The standard InChI is InChI=1S/C16H20N4O3/c1-3-23-16(22)15(18-12(2)21)9-14-10-17-19-20(14)11-13-7-5-4-6-8-13/h4-8,10,15H,3,9,11H2,1-2H3,(H,18,21). The molecule has 1 N–H and O–H groups in total. The fourth-order valence-electron chi connectivity index (χ4n) is 2.22. The van der Waals surface area contributed by atoms with Crippen LogP contribution >= 0.6 is 0 Å². The van der Waals surface area contributed by atoms with Crippen molar-refractivity contribution < 1.29 is 14.3 Å². The number of nitrogens with one attached hydrogen (secondary N) is 1. The molecule has 0 saturated heterocycles. The number of esters is 1. The molecule has 1 amide bonds. The first-order valence-electron chi connectivity index (χ1n) is 7.45. The maximum absolute atomic E-state index is 12.0. The molecule has 7 nitrogen and oxygen atoms in total. The Kier molecular flexibility index (Phi) is 5.85. The zero-order valence-electron chi connectivity index (χ0n) is 13.2. The monoisotopic (exact) mass is 316 g/mol. The summed E-state index contributed by atoms with van der Waals surface area (Å²) < 4.78 is 6.72. The third-order valence-corrected chi connectivity index (χ3v) is 3.23. The third-order valence-electron chi connectivity index (χ3n) is 3.23. The van der Waals surface area contributed by atoms with Crippen molar-refractivity contribution in [2.75, 3.05) is 6.61 Å². The van der Waals surface area contributed by atoms with E-state index in [0.717, 1.165) is 11.3 Å². The first-order valence-corrected chi connectivity index (χ1v) is 7.45. The summed E-state index contributed by atoms with van der Waals surface area (Å²) in [7, 11) is 0. The van der Waals surface area contributed by atoms with Crippen LogP contribution in [0.2, 0.25) is 0 Å². The summed E-state index contributed by atoms with van der Waals surface area (Å²) in [5.74, 6) is -0.750. The number of carbonyl (C=O) groups excluding carboxylic acids is 2. The van der Waals surface area contributed by atoms with Gasteiger partial charge >= 0.3 is 5.97 Å². The molecule has 1 unspecified atom stereocenters. The number of ether oxygens (including phenoxy) is 1. The van der Waals surface area contributed by atoms with E-state index in [-0.39, 0.29) is 18.9 Å². The molecular formula is C16H20N4O3. The second kappa shape index (κ2) is 8.07. The molecule has 0 radical (unpaired) electrons. The van der Waals surface area contributed by atoms with Crippen LogP contribution in [0.5, 0.6) is 0 Å². The highest BCUT2D eigenvalue weighted by atomic mass is 16.5. The Bertz CT molecular complexity index is 654. The lowest BCUT2D eigenvalue weighted by Gasteiger charge is -2.16. The van der Waals surface area contributed by atoms with Crippen molar-refractivity contribution in [3.8, 4) is 0 Å². The molecule has 1 heterocycles. The molecule has 122 valence electrons. The Balaban J connectivity index is 2.12. The predicted octanol–water partition coefficient (Wildman–Crippen LogP) is 0.937. The van der Waals surface area contributed by atoms with Gasteiger partial charge in [-0.25, -0.2) is 9.48 Å². The lowest BCUT2D eigenvalue weighted by Crippen LogP contribution is -2.42. The van der Waals surface area contributed by atoms with E-state index in [2.05, 4.69) is 15.6 Å². The summed E-state index contributed by atoms with van der Waals surface area (Å²) in [6.45, 7) is 3.90. The van der Waals surface area contributed by atoms with Crippen LogP contribution in [0, 0.1) is 0 Å². The average Bonchev–Trinajstić information content (AvgIpc) is 2.94. The van der Waals surface area contributed by atoms with Crippen LogP contribution in [-0.4, -0.2) is 39.5 Å². The highest BCUT2D eigenvalue weighted by Gasteiger charge is 2.23. The molecule has 0 aliphatic rings. The molecule has 0 aliphatic carbocycles. The largest absolute Gasteiger partial charge is 0.464 e. The normalized spacial score (nSPS) is 11.7. The van der Waals surface area contributed by atoms with E-state index in [9.17, 15) is 9.59 Å². The van der Waals surface area contributed by atoms with Gasteiger partial charge in [-0.3, -0.25) is 4.79 Å². The van der Waals surface area contributed by atoms with E-state index < -0.39 is 12.0 Å². The molecule has 7 heteroatoms. The highest BCUT2D eigenvalue weighted by molar-refractivity contribution is 5.83. The summed E-state index contributed by atoms with van der Waals surface area (Å²) in [6.07, 6.45) is 1.87. The summed E-state index contributed by atoms with van der Waals surface area (Å²) in [5.41, 5.74) is 1.83. The Labute approximate surface area is 134 Å². The lowest BCUT2D eigenvalue weighted by molar-refractivity contribution is -0.147. The molecule has 0 bridgehead atoms. The molecule has 0 aliphatic heterocycles. The molecule has 0 fully saturated rings. The third kappa shape index (κ3) is 4.91. The Morgan fingerprint density at radius 1 is 1.30 bits per heavy atom. The smallest absolute Gasteiger partial charge is 0.329 e. The molecule has 1 aromatic heterocycles. The van der Waals surface area contributed by atoms with Gasteiger partial charge in [0.05, 0.1) is 25.0 Å². The quantitative estimate of drug-likeness (QED) is 0.768.